The zero-order valence-corrected chi connectivity index (χ0v) is 18.0. The molecule has 6 nitrogen and oxygen atoms in total. The van der Waals surface area contributed by atoms with Crippen LogP contribution in [0.3, 0.4) is 0 Å². The second kappa shape index (κ2) is 9.66. The standard InChI is InChI=1S/C21H16ClF3N2O4S/c1-2-16(19(29)30)31-13-6-3-11(4-7-13)9-17-18(28)27-20(32-17)26-12-5-8-15(22)14(10-12)21(23,24)25/h3-10,16H,2H2,1H3,(H,29,30)(H,26,27,28)/b17-9+. The number of benzene rings is 2. The first-order valence-electron chi connectivity index (χ1n) is 9.22. The van der Waals surface area contributed by atoms with Gasteiger partial charge in [-0.2, -0.15) is 13.2 Å². The van der Waals surface area contributed by atoms with Crippen LogP contribution in [0.5, 0.6) is 5.75 Å². The highest BCUT2D eigenvalue weighted by atomic mass is 35.5. The summed E-state index contributed by atoms with van der Waals surface area (Å²) >= 11 is 6.58. The highest BCUT2D eigenvalue weighted by molar-refractivity contribution is 8.18. The van der Waals surface area contributed by atoms with Crippen LogP contribution >= 0.6 is 23.4 Å². The maximum Gasteiger partial charge on any atom is 0.417 e. The molecule has 0 saturated carbocycles. The fraction of sp³-hybridized carbons (Fsp3) is 0.190. The van der Waals surface area contributed by atoms with Crippen molar-refractivity contribution in [3.05, 3.63) is 63.5 Å². The summed E-state index contributed by atoms with van der Waals surface area (Å²) in [5.74, 6) is -1.14. The van der Waals surface area contributed by atoms with Crippen LogP contribution in [-0.4, -0.2) is 28.3 Å². The number of carboxylic acid groups (broad SMARTS) is 1. The Bertz CT molecular complexity index is 1100. The smallest absolute Gasteiger partial charge is 0.417 e. The second-order valence-electron chi connectivity index (χ2n) is 6.57. The molecule has 0 radical (unpaired) electrons. The van der Waals surface area contributed by atoms with Crippen LogP contribution in [0.4, 0.5) is 18.9 Å². The number of amidine groups is 1. The number of nitrogens with zero attached hydrogens (tertiary/aromatic N) is 1. The van der Waals surface area contributed by atoms with Gasteiger partial charge in [-0.25, -0.2) is 9.79 Å². The van der Waals surface area contributed by atoms with E-state index in [4.69, 9.17) is 21.4 Å². The summed E-state index contributed by atoms with van der Waals surface area (Å²) in [4.78, 5) is 27.6. The quantitative estimate of drug-likeness (QED) is 0.529. The Morgan fingerprint density at radius 1 is 1.28 bits per heavy atom. The Kier molecular flexibility index (Phi) is 7.15. The van der Waals surface area contributed by atoms with Crippen molar-refractivity contribution in [2.45, 2.75) is 25.6 Å². The van der Waals surface area contributed by atoms with Gasteiger partial charge in [0.05, 0.1) is 21.2 Å². The van der Waals surface area contributed by atoms with Crippen molar-refractivity contribution in [3.63, 3.8) is 0 Å². The molecule has 3 rings (SSSR count). The molecule has 1 aliphatic rings. The normalized spacial score (nSPS) is 17.5. The van der Waals surface area contributed by atoms with E-state index in [-0.39, 0.29) is 10.9 Å². The maximum atomic E-state index is 13.0. The predicted octanol–water partition coefficient (Wildman–Crippen LogP) is 5.49. The van der Waals surface area contributed by atoms with E-state index in [1.807, 2.05) is 0 Å². The summed E-state index contributed by atoms with van der Waals surface area (Å²) in [7, 11) is 0. The first-order valence-corrected chi connectivity index (χ1v) is 10.4. The van der Waals surface area contributed by atoms with E-state index in [1.165, 1.54) is 6.07 Å². The number of hydrogen-bond acceptors (Lipinski definition) is 5. The minimum atomic E-state index is -4.62. The highest BCUT2D eigenvalue weighted by Gasteiger charge is 2.33. The number of amides is 1. The van der Waals surface area contributed by atoms with Gasteiger partial charge in [0.2, 0.25) is 0 Å². The monoisotopic (exact) mass is 484 g/mol. The summed E-state index contributed by atoms with van der Waals surface area (Å²) in [5.41, 5.74) is -0.372. The third-order valence-corrected chi connectivity index (χ3v) is 5.48. The third-order valence-electron chi connectivity index (χ3n) is 4.24. The van der Waals surface area contributed by atoms with Gasteiger partial charge in [0.1, 0.15) is 5.75 Å². The summed E-state index contributed by atoms with van der Waals surface area (Å²) in [6.45, 7) is 1.70. The van der Waals surface area contributed by atoms with Crippen LogP contribution in [0.2, 0.25) is 5.02 Å². The van der Waals surface area contributed by atoms with E-state index < -0.39 is 34.7 Å². The zero-order valence-electron chi connectivity index (χ0n) is 16.4. The van der Waals surface area contributed by atoms with Gasteiger partial charge in [-0.1, -0.05) is 30.7 Å². The first kappa shape index (κ1) is 23.7. The molecule has 1 aliphatic heterocycles. The fourth-order valence-corrected chi connectivity index (χ4v) is 3.73. The molecule has 11 heteroatoms. The number of halogens is 4. The van der Waals surface area contributed by atoms with Gasteiger partial charge < -0.3 is 15.2 Å². The molecular formula is C21H16ClF3N2O4S. The molecule has 1 fully saturated rings. The molecule has 0 aromatic heterocycles. The molecule has 1 atom stereocenters. The molecule has 0 bridgehead atoms. The van der Waals surface area contributed by atoms with Crippen molar-refractivity contribution in [1.82, 2.24) is 5.32 Å². The van der Waals surface area contributed by atoms with Crippen molar-refractivity contribution >= 4 is 52.2 Å². The number of aliphatic imine (C=N–C) groups is 1. The minimum absolute atomic E-state index is 0.00353. The number of ether oxygens (including phenoxy) is 1. The molecule has 168 valence electrons. The van der Waals surface area contributed by atoms with Crippen LogP contribution in [0, 0.1) is 0 Å². The van der Waals surface area contributed by atoms with Crippen molar-refractivity contribution in [3.8, 4) is 5.75 Å². The summed E-state index contributed by atoms with van der Waals surface area (Å²) < 4.78 is 44.4. The molecule has 0 aliphatic carbocycles. The Hall–Kier alpha value is -2.98. The van der Waals surface area contributed by atoms with E-state index >= 15 is 0 Å². The Morgan fingerprint density at radius 3 is 2.56 bits per heavy atom. The predicted molar refractivity (Wildman–Crippen MR) is 116 cm³/mol. The number of alkyl halides is 3. The Labute approximate surface area is 190 Å². The molecule has 32 heavy (non-hydrogen) atoms. The number of carbonyl (C=O) groups excluding carboxylic acids is 1. The molecule has 1 heterocycles. The molecule has 2 N–H and O–H groups in total. The van der Waals surface area contributed by atoms with E-state index in [2.05, 4.69) is 10.3 Å². The third kappa shape index (κ3) is 5.83. The lowest BCUT2D eigenvalue weighted by Crippen LogP contribution is -2.25. The van der Waals surface area contributed by atoms with Crippen LogP contribution in [0.1, 0.15) is 24.5 Å². The van der Waals surface area contributed by atoms with Crippen LogP contribution < -0.4 is 10.1 Å². The maximum absolute atomic E-state index is 13.0. The topological polar surface area (TPSA) is 88.0 Å². The summed E-state index contributed by atoms with van der Waals surface area (Å²) in [5, 5.41) is 11.2. The summed E-state index contributed by atoms with van der Waals surface area (Å²) in [6, 6.07) is 9.68. The van der Waals surface area contributed by atoms with Gasteiger partial charge in [-0.05, 0) is 60.2 Å². The first-order chi connectivity index (χ1) is 15.1. The molecular weight excluding hydrogens is 469 g/mol. The molecule has 0 spiro atoms. The van der Waals surface area contributed by atoms with Crippen LogP contribution in [0.15, 0.2) is 52.4 Å². The summed E-state index contributed by atoms with van der Waals surface area (Å²) in [6.07, 6.45) is -3.70. The number of nitrogens with one attached hydrogen (secondary N) is 1. The number of aliphatic carboxylic acids is 1. The highest BCUT2D eigenvalue weighted by Crippen LogP contribution is 2.37. The SMILES string of the molecule is CCC(Oc1ccc(/C=C2/SC(=Nc3ccc(Cl)c(C(F)(F)F)c3)NC2=O)cc1)C(=O)O. The number of carbonyl (C=O) groups is 2. The second-order valence-corrected chi connectivity index (χ2v) is 8.00. The van der Waals surface area contributed by atoms with E-state index in [0.29, 0.717) is 22.6 Å². The molecule has 1 unspecified atom stereocenters. The average Bonchev–Trinajstić information content (AvgIpc) is 3.06. The lowest BCUT2D eigenvalue weighted by atomic mass is 10.2. The van der Waals surface area contributed by atoms with Crippen molar-refractivity contribution < 1.29 is 32.6 Å². The molecule has 1 amide bonds. The fourth-order valence-electron chi connectivity index (χ4n) is 2.66. The van der Waals surface area contributed by atoms with E-state index in [1.54, 1.807) is 37.3 Å². The van der Waals surface area contributed by atoms with Crippen molar-refractivity contribution in [2.24, 2.45) is 4.99 Å². The molecule has 1 saturated heterocycles. The van der Waals surface area contributed by atoms with Crippen molar-refractivity contribution in [2.75, 3.05) is 0 Å². The zero-order chi connectivity index (χ0) is 23.5. The van der Waals surface area contributed by atoms with Crippen LogP contribution in [0.25, 0.3) is 6.08 Å². The lowest BCUT2D eigenvalue weighted by Gasteiger charge is -2.13. The van der Waals surface area contributed by atoms with Crippen molar-refractivity contribution in [1.29, 1.82) is 0 Å². The number of hydrogen-bond donors (Lipinski definition) is 2. The Morgan fingerprint density at radius 2 is 1.97 bits per heavy atom. The van der Waals surface area contributed by atoms with Gasteiger partial charge >= 0.3 is 12.1 Å². The van der Waals surface area contributed by atoms with E-state index in [0.717, 1.165) is 23.9 Å². The van der Waals surface area contributed by atoms with Gasteiger partial charge in [-0.3, -0.25) is 4.79 Å². The van der Waals surface area contributed by atoms with Gasteiger partial charge in [0, 0.05) is 0 Å². The lowest BCUT2D eigenvalue weighted by molar-refractivity contribution is -0.145. The van der Waals surface area contributed by atoms with Gasteiger partial charge in [0.25, 0.3) is 5.91 Å². The van der Waals surface area contributed by atoms with Gasteiger partial charge in [-0.15, -0.1) is 0 Å². The van der Waals surface area contributed by atoms with Crippen LogP contribution in [-0.2, 0) is 15.8 Å². The molecule has 2 aromatic rings. The Balaban J connectivity index is 1.75. The number of thioether (sulfide) groups is 1. The largest absolute Gasteiger partial charge is 0.479 e. The van der Waals surface area contributed by atoms with Gasteiger partial charge in [0.15, 0.2) is 11.3 Å². The number of rotatable bonds is 6. The minimum Gasteiger partial charge on any atom is -0.479 e. The molecule has 2 aromatic carbocycles. The van der Waals surface area contributed by atoms with E-state index in [9.17, 15) is 22.8 Å². The number of carboxylic acids is 1. The average molecular weight is 485 g/mol.